The number of rotatable bonds is 9. The van der Waals surface area contributed by atoms with Crippen LogP contribution in [-0.4, -0.2) is 40.6 Å². The van der Waals surface area contributed by atoms with Gasteiger partial charge in [-0.05, 0) is 31.5 Å². The van der Waals surface area contributed by atoms with Crippen LogP contribution in [0, 0.1) is 6.92 Å². The monoisotopic (exact) mass is 432 g/mol. The number of aryl methyl sites for hydroxylation is 1. The number of thioether (sulfide) groups is 1. The molecule has 1 N–H and O–H groups in total. The molecule has 3 rings (SSSR count). The Morgan fingerprint density at radius 2 is 2.07 bits per heavy atom. The molecular formula is C20H24N4O3S2. The second-order valence-corrected chi connectivity index (χ2v) is 8.36. The molecule has 29 heavy (non-hydrogen) atoms. The molecule has 0 unspecified atom stereocenters. The minimum Gasteiger partial charge on any atom is -0.497 e. The Hall–Kier alpha value is -2.52. The van der Waals surface area contributed by atoms with Crippen molar-refractivity contribution in [3.63, 3.8) is 0 Å². The normalized spacial score (nSPS) is 10.8. The van der Waals surface area contributed by atoms with Crippen molar-refractivity contribution in [3.05, 3.63) is 34.5 Å². The molecule has 1 amide bonds. The smallest absolute Gasteiger partial charge is 0.234 e. The van der Waals surface area contributed by atoms with Crippen molar-refractivity contribution in [2.24, 2.45) is 0 Å². The summed E-state index contributed by atoms with van der Waals surface area (Å²) in [5.74, 6) is 2.12. The van der Waals surface area contributed by atoms with Crippen LogP contribution in [0.1, 0.15) is 18.2 Å². The molecule has 0 saturated carbocycles. The molecule has 0 saturated heterocycles. The van der Waals surface area contributed by atoms with Crippen molar-refractivity contribution < 1.29 is 14.3 Å². The van der Waals surface area contributed by atoms with Gasteiger partial charge in [0.05, 0.1) is 25.7 Å². The first kappa shape index (κ1) is 21.2. The first-order valence-corrected chi connectivity index (χ1v) is 11.1. The van der Waals surface area contributed by atoms with E-state index < -0.39 is 0 Å². The number of methoxy groups -OCH3 is 2. The lowest BCUT2D eigenvalue weighted by Crippen LogP contribution is -2.15. The van der Waals surface area contributed by atoms with Gasteiger partial charge in [0.25, 0.3) is 0 Å². The maximum atomic E-state index is 12.5. The molecule has 0 spiro atoms. The third-order valence-electron chi connectivity index (χ3n) is 4.17. The SMILES string of the molecule is CCCn1c(SCC(=O)Nc2cc(OC)ccc2OC)nnc1-c1csc(C)c1. The number of nitrogens with zero attached hydrogens (tertiary/aromatic N) is 3. The summed E-state index contributed by atoms with van der Waals surface area (Å²) < 4.78 is 12.6. The van der Waals surface area contributed by atoms with E-state index in [0.717, 1.165) is 29.5 Å². The first-order valence-electron chi connectivity index (χ1n) is 9.19. The van der Waals surface area contributed by atoms with Crippen molar-refractivity contribution >= 4 is 34.7 Å². The topological polar surface area (TPSA) is 78.3 Å². The summed E-state index contributed by atoms with van der Waals surface area (Å²) in [6, 6.07) is 7.38. The highest BCUT2D eigenvalue weighted by Crippen LogP contribution is 2.30. The summed E-state index contributed by atoms with van der Waals surface area (Å²) >= 11 is 3.06. The van der Waals surface area contributed by atoms with E-state index in [0.29, 0.717) is 17.2 Å². The highest BCUT2D eigenvalue weighted by atomic mass is 32.2. The zero-order chi connectivity index (χ0) is 20.8. The lowest BCUT2D eigenvalue weighted by atomic mass is 10.2. The molecule has 0 atom stereocenters. The van der Waals surface area contributed by atoms with Crippen LogP contribution < -0.4 is 14.8 Å². The van der Waals surface area contributed by atoms with Crippen molar-refractivity contribution in [1.29, 1.82) is 0 Å². The Labute approximate surface area is 178 Å². The Bertz CT molecular complexity index is 984. The van der Waals surface area contributed by atoms with Crippen LogP contribution in [0.15, 0.2) is 34.8 Å². The van der Waals surface area contributed by atoms with Crippen LogP contribution in [0.4, 0.5) is 5.69 Å². The molecule has 2 aromatic heterocycles. The van der Waals surface area contributed by atoms with E-state index >= 15 is 0 Å². The molecule has 0 aliphatic heterocycles. The van der Waals surface area contributed by atoms with Crippen LogP contribution in [0.5, 0.6) is 11.5 Å². The summed E-state index contributed by atoms with van der Waals surface area (Å²) in [5.41, 5.74) is 1.63. The second-order valence-electron chi connectivity index (χ2n) is 6.31. The molecule has 3 aromatic rings. The molecule has 1 aromatic carbocycles. The van der Waals surface area contributed by atoms with Gasteiger partial charge in [-0.1, -0.05) is 18.7 Å². The summed E-state index contributed by atoms with van der Waals surface area (Å²) in [4.78, 5) is 13.7. The van der Waals surface area contributed by atoms with Crippen LogP contribution in [0.2, 0.25) is 0 Å². The van der Waals surface area contributed by atoms with E-state index in [-0.39, 0.29) is 11.7 Å². The molecule has 0 radical (unpaired) electrons. The summed E-state index contributed by atoms with van der Waals surface area (Å²) in [6.07, 6.45) is 0.953. The van der Waals surface area contributed by atoms with Gasteiger partial charge in [0, 0.05) is 28.4 Å². The zero-order valence-corrected chi connectivity index (χ0v) is 18.5. The van der Waals surface area contributed by atoms with Crippen LogP contribution in [0.25, 0.3) is 11.4 Å². The van der Waals surface area contributed by atoms with Gasteiger partial charge >= 0.3 is 0 Å². The van der Waals surface area contributed by atoms with Crippen LogP contribution in [0.3, 0.4) is 0 Å². The number of amides is 1. The number of nitrogens with one attached hydrogen (secondary N) is 1. The molecule has 154 valence electrons. The van der Waals surface area contributed by atoms with Gasteiger partial charge in [0.15, 0.2) is 11.0 Å². The Balaban J connectivity index is 1.71. The van der Waals surface area contributed by atoms with Crippen molar-refractivity contribution in [1.82, 2.24) is 14.8 Å². The van der Waals surface area contributed by atoms with Crippen molar-refractivity contribution in [3.8, 4) is 22.9 Å². The van der Waals surface area contributed by atoms with E-state index in [1.54, 1.807) is 43.8 Å². The fraction of sp³-hybridized carbons (Fsp3) is 0.350. The average Bonchev–Trinajstić information content (AvgIpc) is 3.32. The predicted molar refractivity (Wildman–Crippen MR) is 117 cm³/mol. The molecule has 0 aliphatic carbocycles. The minimum atomic E-state index is -0.152. The number of benzene rings is 1. The molecule has 2 heterocycles. The van der Waals surface area contributed by atoms with E-state index in [4.69, 9.17) is 9.47 Å². The maximum absolute atomic E-state index is 12.5. The first-order chi connectivity index (χ1) is 14.0. The fourth-order valence-corrected chi connectivity index (χ4v) is 4.27. The molecule has 9 heteroatoms. The van der Waals surface area contributed by atoms with Gasteiger partial charge in [-0.2, -0.15) is 0 Å². The second kappa shape index (κ2) is 9.80. The van der Waals surface area contributed by atoms with E-state index in [1.807, 2.05) is 0 Å². The van der Waals surface area contributed by atoms with Gasteiger partial charge in [-0.15, -0.1) is 21.5 Å². The summed E-state index contributed by atoms with van der Waals surface area (Å²) in [5, 5.41) is 14.4. The summed E-state index contributed by atoms with van der Waals surface area (Å²) in [7, 11) is 3.14. The number of aromatic nitrogens is 3. The molecular weight excluding hydrogens is 408 g/mol. The third kappa shape index (κ3) is 5.10. The van der Waals surface area contributed by atoms with Gasteiger partial charge < -0.3 is 19.4 Å². The fourth-order valence-electron chi connectivity index (χ4n) is 2.82. The van der Waals surface area contributed by atoms with Gasteiger partial charge in [-0.3, -0.25) is 4.79 Å². The van der Waals surface area contributed by atoms with E-state index in [9.17, 15) is 4.79 Å². The average molecular weight is 433 g/mol. The molecule has 7 nitrogen and oxygen atoms in total. The van der Waals surface area contributed by atoms with E-state index in [1.165, 1.54) is 16.6 Å². The number of anilines is 1. The standard InChI is InChI=1S/C20H24N4O3S2/c1-5-8-24-19(14-9-13(2)28-11-14)22-23-20(24)29-12-18(25)21-16-10-15(26-3)6-7-17(16)27-4/h6-7,9-11H,5,8,12H2,1-4H3,(H,21,25). The Kier molecular flexibility index (Phi) is 7.16. The Morgan fingerprint density at radius 1 is 1.24 bits per heavy atom. The predicted octanol–water partition coefficient (Wildman–Crippen LogP) is 4.47. The highest BCUT2D eigenvalue weighted by molar-refractivity contribution is 7.99. The quantitative estimate of drug-likeness (QED) is 0.503. The van der Waals surface area contributed by atoms with Crippen LogP contribution in [-0.2, 0) is 11.3 Å². The molecule has 0 aliphatic rings. The lowest BCUT2D eigenvalue weighted by molar-refractivity contribution is -0.113. The number of hydrogen-bond acceptors (Lipinski definition) is 7. The van der Waals surface area contributed by atoms with Crippen molar-refractivity contribution in [2.75, 3.05) is 25.3 Å². The minimum absolute atomic E-state index is 0.152. The molecule has 0 bridgehead atoms. The number of ether oxygens (including phenoxy) is 2. The van der Waals surface area contributed by atoms with Gasteiger partial charge in [-0.25, -0.2) is 0 Å². The molecule has 0 fully saturated rings. The number of thiophene rings is 1. The lowest BCUT2D eigenvalue weighted by Gasteiger charge is -2.12. The van der Waals surface area contributed by atoms with Crippen molar-refractivity contribution in [2.45, 2.75) is 32.0 Å². The maximum Gasteiger partial charge on any atom is 0.234 e. The summed E-state index contributed by atoms with van der Waals surface area (Å²) in [6.45, 7) is 4.98. The Morgan fingerprint density at radius 3 is 2.72 bits per heavy atom. The zero-order valence-electron chi connectivity index (χ0n) is 16.9. The number of hydrogen-bond donors (Lipinski definition) is 1. The van der Waals surface area contributed by atoms with Gasteiger partial charge in [0.2, 0.25) is 5.91 Å². The largest absolute Gasteiger partial charge is 0.497 e. The third-order valence-corrected chi connectivity index (χ3v) is 5.99. The highest BCUT2D eigenvalue weighted by Gasteiger charge is 2.17. The van der Waals surface area contributed by atoms with Crippen LogP contribution >= 0.6 is 23.1 Å². The van der Waals surface area contributed by atoms with Gasteiger partial charge in [0.1, 0.15) is 11.5 Å². The number of carbonyl (C=O) groups is 1. The number of carbonyl (C=O) groups excluding carboxylic acids is 1. The van der Waals surface area contributed by atoms with E-state index in [2.05, 4.69) is 45.4 Å².